The van der Waals surface area contributed by atoms with Gasteiger partial charge in [0, 0.05) is 29.9 Å². The molecule has 4 nitrogen and oxygen atoms in total. The predicted octanol–water partition coefficient (Wildman–Crippen LogP) is 4.47. The van der Waals surface area contributed by atoms with Crippen LogP contribution in [0.15, 0.2) is 83.8 Å². The number of hydrogen-bond acceptors (Lipinski definition) is 2. The number of nitrogens with one attached hydrogen (secondary N) is 1. The van der Waals surface area contributed by atoms with Crippen LogP contribution in [0.2, 0.25) is 0 Å². The molecular weight excluding hydrogens is 360 g/mol. The van der Waals surface area contributed by atoms with E-state index in [1.165, 1.54) is 35.5 Å². The maximum Gasteiger partial charge on any atom is 0.255 e. The molecule has 0 unspecified atom stereocenters. The molecule has 1 aliphatic rings. The van der Waals surface area contributed by atoms with Gasteiger partial charge in [-0.1, -0.05) is 67.8 Å². The Labute approximate surface area is 171 Å². The lowest BCUT2D eigenvalue weighted by Gasteiger charge is -2.38. The summed E-state index contributed by atoms with van der Waals surface area (Å²) in [5.74, 6) is -0.143. The molecule has 0 radical (unpaired) electrons. The van der Waals surface area contributed by atoms with Crippen molar-refractivity contribution in [3.8, 4) is 5.69 Å². The number of nitrogens with zero attached hydrogens (tertiary/aromatic N) is 1. The Bertz CT molecular complexity index is 1020. The van der Waals surface area contributed by atoms with Gasteiger partial charge in [0.05, 0.1) is 5.56 Å². The molecule has 0 aliphatic heterocycles. The first-order chi connectivity index (χ1) is 14.2. The number of rotatable bonds is 5. The number of para-hydroxylation sites is 1. The second kappa shape index (κ2) is 8.48. The molecule has 0 saturated heterocycles. The van der Waals surface area contributed by atoms with Gasteiger partial charge in [-0.15, -0.1) is 0 Å². The highest BCUT2D eigenvalue weighted by Gasteiger charge is 2.34. The van der Waals surface area contributed by atoms with Crippen molar-refractivity contribution < 1.29 is 4.79 Å². The summed E-state index contributed by atoms with van der Waals surface area (Å²) in [5.41, 5.74) is 2.38. The highest BCUT2D eigenvalue weighted by Crippen LogP contribution is 2.38. The quantitative estimate of drug-likeness (QED) is 0.703. The Morgan fingerprint density at radius 3 is 2.21 bits per heavy atom. The van der Waals surface area contributed by atoms with E-state index < -0.39 is 0 Å². The average Bonchev–Trinajstić information content (AvgIpc) is 2.79. The zero-order valence-electron chi connectivity index (χ0n) is 16.5. The maximum atomic E-state index is 12.9. The fourth-order valence-electron chi connectivity index (χ4n) is 4.35. The topological polar surface area (TPSA) is 51.1 Å². The zero-order valence-corrected chi connectivity index (χ0v) is 16.5. The average molecular weight is 386 g/mol. The third-order valence-electron chi connectivity index (χ3n) is 5.99. The van der Waals surface area contributed by atoms with E-state index in [-0.39, 0.29) is 16.9 Å². The Morgan fingerprint density at radius 2 is 1.52 bits per heavy atom. The molecule has 1 amide bonds. The van der Waals surface area contributed by atoms with E-state index in [4.69, 9.17) is 0 Å². The minimum absolute atomic E-state index is 0.0109. The van der Waals surface area contributed by atoms with Crippen molar-refractivity contribution in [1.29, 1.82) is 0 Å². The van der Waals surface area contributed by atoms with Crippen LogP contribution in [0.4, 0.5) is 0 Å². The molecule has 0 spiro atoms. The fourth-order valence-corrected chi connectivity index (χ4v) is 4.35. The molecule has 1 aliphatic carbocycles. The van der Waals surface area contributed by atoms with E-state index in [2.05, 4.69) is 29.6 Å². The monoisotopic (exact) mass is 386 g/mol. The van der Waals surface area contributed by atoms with Crippen LogP contribution in [0.3, 0.4) is 0 Å². The van der Waals surface area contributed by atoms with Crippen molar-refractivity contribution >= 4 is 5.91 Å². The summed E-state index contributed by atoms with van der Waals surface area (Å²) in [6.07, 6.45) is 7.42. The molecule has 1 aromatic heterocycles. The summed E-state index contributed by atoms with van der Waals surface area (Å²) in [6.45, 7) is 0.611. The summed E-state index contributed by atoms with van der Waals surface area (Å²) in [6, 6.07) is 23.0. The lowest BCUT2D eigenvalue weighted by molar-refractivity contribution is 0.0936. The number of benzene rings is 2. The van der Waals surface area contributed by atoms with E-state index in [1.54, 1.807) is 12.3 Å². The first kappa shape index (κ1) is 19.2. The molecule has 2 aromatic carbocycles. The molecule has 3 aromatic rings. The van der Waals surface area contributed by atoms with Crippen LogP contribution >= 0.6 is 0 Å². The summed E-state index contributed by atoms with van der Waals surface area (Å²) in [5, 5.41) is 3.15. The van der Waals surface area contributed by atoms with Crippen molar-refractivity contribution in [3.63, 3.8) is 0 Å². The van der Waals surface area contributed by atoms with E-state index >= 15 is 0 Å². The molecule has 4 rings (SSSR count). The maximum absolute atomic E-state index is 12.9. The molecule has 29 heavy (non-hydrogen) atoms. The number of carbonyl (C=O) groups excluding carboxylic acids is 1. The van der Waals surface area contributed by atoms with E-state index in [0.29, 0.717) is 12.1 Å². The van der Waals surface area contributed by atoms with Crippen molar-refractivity contribution in [1.82, 2.24) is 9.88 Å². The van der Waals surface area contributed by atoms with Crippen molar-refractivity contribution in [2.45, 2.75) is 37.5 Å². The SMILES string of the molecule is O=C(NCC1(c2ccccc2)CCCCC1)c1ccc(=O)n(-c2ccccc2)c1. The van der Waals surface area contributed by atoms with Crippen LogP contribution in [0.1, 0.15) is 48.0 Å². The second-order valence-electron chi connectivity index (χ2n) is 7.85. The molecule has 1 N–H and O–H groups in total. The van der Waals surface area contributed by atoms with E-state index in [1.807, 2.05) is 36.4 Å². The van der Waals surface area contributed by atoms with Crippen LogP contribution in [-0.4, -0.2) is 17.0 Å². The third kappa shape index (κ3) is 4.16. The molecule has 4 heteroatoms. The fraction of sp³-hybridized carbons (Fsp3) is 0.280. The highest BCUT2D eigenvalue weighted by atomic mass is 16.2. The van der Waals surface area contributed by atoms with Gasteiger partial charge < -0.3 is 5.32 Å². The second-order valence-corrected chi connectivity index (χ2v) is 7.85. The largest absolute Gasteiger partial charge is 0.351 e. The molecule has 1 fully saturated rings. The number of hydrogen-bond donors (Lipinski definition) is 1. The van der Waals surface area contributed by atoms with E-state index in [9.17, 15) is 9.59 Å². The van der Waals surface area contributed by atoms with Crippen LogP contribution in [0, 0.1) is 0 Å². The molecule has 0 atom stereocenters. The third-order valence-corrected chi connectivity index (χ3v) is 5.99. The predicted molar refractivity (Wildman–Crippen MR) is 116 cm³/mol. The van der Waals surface area contributed by atoms with Crippen LogP contribution < -0.4 is 10.9 Å². The van der Waals surface area contributed by atoms with Gasteiger partial charge in [-0.25, -0.2) is 0 Å². The normalized spacial score (nSPS) is 15.6. The van der Waals surface area contributed by atoms with Crippen molar-refractivity contribution in [2.75, 3.05) is 6.54 Å². The lowest BCUT2D eigenvalue weighted by Crippen LogP contribution is -2.42. The standard InChI is InChI=1S/C25H26N2O2/c28-23-15-14-20(18-27(23)22-12-6-2-7-13-22)24(29)26-19-25(16-8-3-9-17-25)21-10-4-1-5-11-21/h1-2,4-7,10-15,18H,3,8-9,16-17,19H2,(H,26,29). The molecule has 148 valence electrons. The molecule has 0 bridgehead atoms. The smallest absolute Gasteiger partial charge is 0.255 e. The molecule has 1 saturated carbocycles. The summed E-state index contributed by atoms with van der Waals surface area (Å²) < 4.78 is 1.52. The van der Waals surface area contributed by atoms with Crippen molar-refractivity contribution in [2.24, 2.45) is 0 Å². The molecular formula is C25H26N2O2. The van der Waals surface area contributed by atoms with Gasteiger partial charge in [-0.3, -0.25) is 14.2 Å². The summed E-state index contributed by atoms with van der Waals surface area (Å²) >= 11 is 0. The van der Waals surface area contributed by atoms with Crippen LogP contribution in [0.25, 0.3) is 5.69 Å². The zero-order chi connectivity index (χ0) is 20.1. The van der Waals surface area contributed by atoms with Crippen LogP contribution in [0.5, 0.6) is 0 Å². The van der Waals surface area contributed by atoms with Gasteiger partial charge in [0.25, 0.3) is 11.5 Å². The van der Waals surface area contributed by atoms with E-state index in [0.717, 1.165) is 18.5 Å². The van der Waals surface area contributed by atoms with Crippen molar-refractivity contribution in [3.05, 3.63) is 100 Å². The lowest BCUT2D eigenvalue weighted by atomic mass is 9.69. The molecule has 1 heterocycles. The van der Waals surface area contributed by atoms with Gasteiger partial charge in [0.15, 0.2) is 0 Å². The number of amides is 1. The minimum Gasteiger partial charge on any atom is -0.351 e. The van der Waals surface area contributed by atoms with Gasteiger partial charge in [0.1, 0.15) is 0 Å². The number of pyridine rings is 1. The van der Waals surface area contributed by atoms with Gasteiger partial charge in [-0.05, 0) is 36.6 Å². The Hall–Kier alpha value is -3.14. The number of aromatic nitrogens is 1. The van der Waals surface area contributed by atoms with Crippen LogP contribution in [-0.2, 0) is 5.41 Å². The number of carbonyl (C=O) groups is 1. The summed E-state index contributed by atoms with van der Waals surface area (Å²) in [7, 11) is 0. The Morgan fingerprint density at radius 1 is 0.862 bits per heavy atom. The first-order valence-corrected chi connectivity index (χ1v) is 10.3. The van der Waals surface area contributed by atoms with Gasteiger partial charge in [-0.2, -0.15) is 0 Å². The van der Waals surface area contributed by atoms with Gasteiger partial charge >= 0.3 is 0 Å². The Balaban J connectivity index is 1.55. The minimum atomic E-state index is -0.152. The highest BCUT2D eigenvalue weighted by molar-refractivity contribution is 5.94. The summed E-state index contributed by atoms with van der Waals surface area (Å²) in [4.78, 5) is 25.2. The van der Waals surface area contributed by atoms with Gasteiger partial charge in [0.2, 0.25) is 0 Å². The first-order valence-electron chi connectivity index (χ1n) is 10.3. The Kier molecular flexibility index (Phi) is 5.61.